The van der Waals surface area contributed by atoms with Gasteiger partial charge in [0.15, 0.2) is 0 Å². The SMILES string of the molecule is CN(C)C(CNCc1cnn2ccccc12)c1ccco1. The molecule has 0 aliphatic heterocycles. The summed E-state index contributed by atoms with van der Waals surface area (Å²) < 4.78 is 7.41. The lowest BCUT2D eigenvalue weighted by atomic mass is 10.2. The summed E-state index contributed by atoms with van der Waals surface area (Å²) in [5.74, 6) is 0.979. The van der Waals surface area contributed by atoms with Gasteiger partial charge < -0.3 is 9.73 Å². The highest BCUT2D eigenvalue weighted by atomic mass is 16.3. The summed E-state index contributed by atoms with van der Waals surface area (Å²) in [5.41, 5.74) is 2.34. The number of likely N-dealkylation sites (N-methyl/N-ethyl adjacent to an activating group) is 1. The highest BCUT2D eigenvalue weighted by Crippen LogP contribution is 2.18. The maximum Gasteiger partial charge on any atom is 0.122 e. The fourth-order valence-electron chi connectivity index (χ4n) is 2.49. The van der Waals surface area contributed by atoms with Gasteiger partial charge in [0, 0.05) is 24.8 Å². The van der Waals surface area contributed by atoms with Gasteiger partial charge in [-0.2, -0.15) is 5.10 Å². The monoisotopic (exact) mass is 284 g/mol. The summed E-state index contributed by atoms with van der Waals surface area (Å²) >= 11 is 0. The Morgan fingerprint density at radius 2 is 2.19 bits per heavy atom. The number of rotatable bonds is 6. The molecular weight excluding hydrogens is 264 g/mol. The molecule has 1 N–H and O–H groups in total. The van der Waals surface area contributed by atoms with Crippen molar-refractivity contribution in [3.8, 4) is 0 Å². The Morgan fingerprint density at radius 3 is 2.95 bits per heavy atom. The molecular formula is C16H20N4O. The fourth-order valence-corrected chi connectivity index (χ4v) is 2.49. The molecule has 0 spiro atoms. The van der Waals surface area contributed by atoms with Crippen LogP contribution in [0, 0.1) is 0 Å². The van der Waals surface area contributed by atoms with E-state index >= 15 is 0 Å². The number of fused-ring (bicyclic) bond motifs is 1. The summed E-state index contributed by atoms with van der Waals surface area (Å²) in [6.45, 7) is 1.61. The van der Waals surface area contributed by atoms with Gasteiger partial charge in [-0.15, -0.1) is 0 Å². The predicted octanol–water partition coefficient (Wildman–Crippen LogP) is 2.32. The van der Waals surface area contributed by atoms with E-state index in [0.717, 1.165) is 24.4 Å². The molecule has 0 aliphatic rings. The first-order chi connectivity index (χ1) is 10.3. The lowest BCUT2D eigenvalue weighted by Gasteiger charge is -2.22. The van der Waals surface area contributed by atoms with Crippen molar-refractivity contribution in [1.29, 1.82) is 0 Å². The largest absolute Gasteiger partial charge is 0.468 e. The standard InChI is InChI=1S/C16H20N4O/c1-19(2)15(16-7-5-9-21-16)12-17-10-13-11-18-20-8-4-3-6-14(13)20/h3-9,11,15,17H,10,12H2,1-2H3. The summed E-state index contributed by atoms with van der Waals surface area (Å²) in [5, 5.41) is 7.84. The highest BCUT2D eigenvalue weighted by molar-refractivity contribution is 5.53. The van der Waals surface area contributed by atoms with Gasteiger partial charge in [-0.1, -0.05) is 6.07 Å². The van der Waals surface area contributed by atoms with E-state index in [2.05, 4.69) is 35.5 Å². The quantitative estimate of drug-likeness (QED) is 0.754. The molecule has 0 aromatic carbocycles. The van der Waals surface area contributed by atoms with Crippen LogP contribution in [0.3, 0.4) is 0 Å². The number of aromatic nitrogens is 2. The van der Waals surface area contributed by atoms with Crippen LogP contribution in [0.4, 0.5) is 0 Å². The van der Waals surface area contributed by atoms with Crippen molar-refractivity contribution in [2.24, 2.45) is 0 Å². The van der Waals surface area contributed by atoms with Crippen LogP contribution in [0.2, 0.25) is 0 Å². The van der Waals surface area contributed by atoms with E-state index in [-0.39, 0.29) is 6.04 Å². The van der Waals surface area contributed by atoms with E-state index in [9.17, 15) is 0 Å². The lowest BCUT2D eigenvalue weighted by molar-refractivity contribution is 0.250. The molecule has 0 saturated carbocycles. The topological polar surface area (TPSA) is 45.7 Å². The minimum absolute atomic E-state index is 0.224. The molecule has 3 aromatic heterocycles. The average Bonchev–Trinajstić information content (AvgIpc) is 3.13. The van der Waals surface area contributed by atoms with E-state index in [1.165, 1.54) is 5.56 Å². The average molecular weight is 284 g/mol. The maximum atomic E-state index is 5.52. The summed E-state index contributed by atoms with van der Waals surface area (Å²) in [7, 11) is 4.12. The minimum Gasteiger partial charge on any atom is -0.468 e. The number of hydrogen-bond acceptors (Lipinski definition) is 4. The molecule has 0 aliphatic carbocycles. The second kappa shape index (κ2) is 6.11. The first-order valence-electron chi connectivity index (χ1n) is 7.07. The van der Waals surface area contributed by atoms with Crippen LogP contribution in [0.1, 0.15) is 17.4 Å². The van der Waals surface area contributed by atoms with Crippen molar-refractivity contribution >= 4 is 5.52 Å². The second-order valence-corrected chi connectivity index (χ2v) is 5.33. The van der Waals surface area contributed by atoms with Crippen LogP contribution in [0.25, 0.3) is 5.52 Å². The van der Waals surface area contributed by atoms with Crippen molar-refractivity contribution in [1.82, 2.24) is 19.8 Å². The molecule has 0 saturated heterocycles. The zero-order valence-electron chi connectivity index (χ0n) is 12.4. The zero-order valence-corrected chi connectivity index (χ0v) is 12.4. The summed E-state index contributed by atoms with van der Waals surface area (Å²) in [4.78, 5) is 2.15. The normalized spacial score (nSPS) is 13.1. The van der Waals surface area contributed by atoms with Crippen LogP contribution < -0.4 is 5.32 Å². The van der Waals surface area contributed by atoms with E-state index in [4.69, 9.17) is 4.42 Å². The molecule has 3 heterocycles. The Balaban J connectivity index is 1.65. The van der Waals surface area contributed by atoms with Crippen molar-refractivity contribution in [2.45, 2.75) is 12.6 Å². The zero-order chi connectivity index (χ0) is 14.7. The van der Waals surface area contributed by atoms with Crippen LogP contribution >= 0.6 is 0 Å². The van der Waals surface area contributed by atoms with Crippen molar-refractivity contribution in [2.75, 3.05) is 20.6 Å². The van der Waals surface area contributed by atoms with Gasteiger partial charge in [-0.05, 0) is 38.4 Å². The fraction of sp³-hybridized carbons (Fsp3) is 0.312. The third kappa shape index (κ3) is 2.99. The maximum absolute atomic E-state index is 5.52. The number of hydrogen-bond donors (Lipinski definition) is 1. The lowest BCUT2D eigenvalue weighted by Crippen LogP contribution is -2.30. The van der Waals surface area contributed by atoms with Crippen molar-refractivity contribution < 1.29 is 4.42 Å². The number of furan rings is 1. The Hall–Kier alpha value is -2.11. The molecule has 1 atom stereocenters. The molecule has 110 valence electrons. The Labute approximate surface area is 124 Å². The van der Waals surface area contributed by atoms with Crippen LogP contribution in [-0.4, -0.2) is 35.2 Å². The van der Waals surface area contributed by atoms with E-state index in [1.54, 1.807) is 6.26 Å². The van der Waals surface area contributed by atoms with E-state index in [0.29, 0.717) is 0 Å². The molecule has 5 nitrogen and oxygen atoms in total. The Morgan fingerprint density at radius 1 is 1.29 bits per heavy atom. The third-order valence-corrected chi connectivity index (χ3v) is 3.65. The molecule has 3 aromatic rings. The number of nitrogens with one attached hydrogen (secondary N) is 1. The second-order valence-electron chi connectivity index (χ2n) is 5.33. The predicted molar refractivity (Wildman–Crippen MR) is 82.0 cm³/mol. The van der Waals surface area contributed by atoms with Crippen molar-refractivity contribution in [3.05, 3.63) is 60.3 Å². The third-order valence-electron chi connectivity index (χ3n) is 3.65. The van der Waals surface area contributed by atoms with Gasteiger partial charge >= 0.3 is 0 Å². The summed E-state index contributed by atoms with van der Waals surface area (Å²) in [6.07, 6.45) is 5.60. The molecule has 0 fully saturated rings. The highest BCUT2D eigenvalue weighted by Gasteiger charge is 2.16. The first kappa shape index (κ1) is 13.9. The Bertz CT molecular complexity index is 687. The molecule has 21 heavy (non-hydrogen) atoms. The first-order valence-corrected chi connectivity index (χ1v) is 7.07. The molecule has 1 unspecified atom stereocenters. The molecule has 0 bridgehead atoms. The van der Waals surface area contributed by atoms with Crippen LogP contribution in [0.15, 0.2) is 53.4 Å². The molecule has 0 radical (unpaired) electrons. The molecule has 5 heteroatoms. The van der Waals surface area contributed by atoms with Crippen molar-refractivity contribution in [3.63, 3.8) is 0 Å². The van der Waals surface area contributed by atoms with Crippen LogP contribution in [0.5, 0.6) is 0 Å². The van der Waals surface area contributed by atoms with Crippen LogP contribution in [-0.2, 0) is 6.54 Å². The molecule has 0 amide bonds. The number of pyridine rings is 1. The van der Waals surface area contributed by atoms with E-state index < -0.39 is 0 Å². The van der Waals surface area contributed by atoms with Gasteiger partial charge in [0.05, 0.1) is 24.0 Å². The number of nitrogens with zero attached hydrogens (tertiary/aromatic N) is 3. The van der Waals surface area contributed by atoms with Gasteiger partial charge in [0.2, 0.25) is 0 Å². The van der Waals surface area contributed by atoms with Gasteiger partial charge in [-0.25, -0.2) is 4.52 Å². The van der Waals surface area contributed by atoms with Gasteiger partial charge in [0.25, 0.3) is 0 Å². The van der Waals surface area contributed by atoms with Gasteiger partial charge in [0.1, 0.15) is 5.76 Å². The summed E-state index contributed by atoms with van der Waals surface area (Å²) in [6, 6.07) is 10.3. The molecule has 3 rings (SSSR count). The Kier molecular flexibility index (Phi) is 4.03. The van der Waals surface area contributed by atoms with E-state index in [1.807, 2.05) is 41.2 Å². The minimum atomic E-state index is 0.224. The van der Waals surface area contributed by atoms with Gasteiger partial charge in [-0.3, -0.25) is 4.90 Å². The smallest absolute Gasteiger partial charge is 0.122 e.